The first-order valence-corrected chi connectivity index (χ1v) is 7.06. The van der Waals surface area contributed by atoms with Crippen molar-refractivity contribution in [2.24, 2.45) is 0 Å². The fourth-order valence-electron chi connectivity index (χ4n) is 2.11. The number of hydrogen-bond acceptors (Lipinski definition) is 5. The first-order valence-electron chi connectivity index (χ1n) is 7.06. The molecule has 3 rings (SSSR count). The standard InChI is InChI=1S/C16H14FN5O2/c1-10-18-5-6-22(10)16-19-8-12(9-20-16)21-15(23)11-3-4-14(24-2)13(17)7-11/h3-9H,1-2H3,(H,21,23). The maximum absolute atomic E-state index is 13.7. The normalized spacial score (nSPS) is 10.5. The van der Waals surface area contributed by atoms with E-state index < -0.39 is 11.7 Å². The van der Waals surface area contributed by atoms with Crippen molar-refractivity contribution in [1.29, 1.82) is 0 Å². The fraction of sp³-hybridized carbons (Fsp3) is 0.125. The molecule has 0 aliphatic carbocycles. The highest BCUT2D eigenvalue weighted by Gasteiger charge is 2.11. The van der Waals surface area contributed by atoms with E-state index in [1.165, 1.54) is 31.6 Å². The van der Waals surface area contributed by atoms with Crippen molar-refractivity contribution >= 4 is 11.6 Å². The van der Waals surface area contributed by atoms with Gasteiger partial charge >= 0.3 is 0 Å². The van der Waals surface area contributed by atoms with Crippen LogP contribution < -0.4 is 10.1 Å². The molecule has 0 fully saturated rings. The van der Waals surface area contributed by atoms with Crippen LogP contribution in [-0.4, -0.2) is 32.5 Å². The molecule has 7 nitrogen and oxygen atoms in total. The molecule has 8 heteroatoms. The maximum atomic E-state index is 13.7. The number of hydrogen-bond donors (Lipinski definition) is 1. The Kier molecular flexibility index (Phi) is 4.19. The van der Waals surface area contributed by atoms with Gasteiger partial charge in [0.25, 0.3) is 5.91 Å². The van der Waals surface area contributed by atoms with Crippen molar-refractivity contribution < 1.29 is 13.9 Å². The number of imidazole rings is 1. The van der Waals surface area contributed by atoms with E-state index in [2.05, 4.69) is 20.3 Å². The number of benzene rings is 1. The highest BCUT2D eigenvalue weighted by atomic mass is 19.1. The van der Waals surface area contributed by atoms with Crippen LogP contribution in [0.1, 0.15) is 16.2 Å². The second-order valence-electron chi connectivity index (χ2n) is 4.92. The minimum Gasteiger partial charge on any atom is -0.494 e. The predicted octanol–water partition coefficient (Wildman–Crippen LogP) is 2.37. The Balaban J connectivity index is 1.75. The van der Waals surface area contributed by atoms with Crippen molar-refractivity contribution in [3.05, 3.63) is 60.2 Å². The predicted molar refractivity (Wildman–Crippen MR) is 84.8 cm³/mol. The number of amides is 1. The molecule has 24 heavy (non-hydrogen) atoms. The summed E-state index contributed by atoms with van der Waals surface area (Å²) in [5.41, 5.74) is 0.570. The monoisotopic (exact) mass is 327 g/mol. The molecule has 1 aromatic carbocycles. The molecule has 3 aromatic rings. The lowest BCUT2D eigenvalue weighted by Gasteiger charge is -2.07. The van der Waals surface area contributed by atoms with Crippen molar-refractivity contribution in [2.75, 3.05) is 12.4 Å². The SMILES string of the molecule is COc1ccc(C(=O)Nc2cnc(-n3ccnc3C)nc2)cc1F. The Labute approximate surface area is 137 Å². The third-order valence-corrected chi connectivity index (χ3v) is 3.35. The molecular weight excluding hydrogens is 313 g/mol. The lowest BCUT2D eigenvalue weighted by atomic mass is 10.2. The third-order valence-electron chi connectivity index (χ3n) is 3.35. The summed E-state index contributed by atoms with van der Waals surface area (Å²) >= 11 is 0. The fourth-order valence-corrected chi connectivity index (χ4v) is 2.11. The molecular formula is C16H14FN5O2. The lowest BCUT2D eigenvalue weighted by Crippen LogP contribution is -2.13. The molecule has 1 amide bonds. The van der Waals surface area contributed by atoms with Crippen LogP contribution >= 0.6 is 0 Å². The quantitative estimate of drug-likeness (QED) is 0.795. The van der Waals surface area contributed by atoms with Gasteiger partial charge in [0.05, 0.1) is 25.2 Å². The molecule has 1 N–H and O–H groups in total. The summed E-state index contributed by atoms with van der Waals surface area (Å²) in [5.74, 6) is 0.202. The molecule has 0 unspecified atom stereocenters. The van der Waals surface area contributed by atoms with Gasteiger partial charge in [-0.25, -0.2) is 19.3 Å². The van der Waals surface area contributed by atoms with E-state index in [0.717, 1.165) is 11.9 Å². The van der Waals surface area contributed by atoms with Gasteiger partial charge in [-0.05, 0) is 25.1 Å². The van der Waals surface area contributed by atoms with Gasteiger partial charge in [-0.3, -0.25) is 9.36 Å². The third kappa shape index (κ3) is 3.07. The number of anilines is 1. The smallest absolute Gasteiger partial charge is 0.255 e. The summed E-state index contributed by atoms with van der Waals surface area (Å²) in [4.78, 5) is 24.6. The Hall–Kier alpha value is -3.29. The molecule has 122 valence electrons. The van der Waals surface area contributed by atoms with Gasteiger partial charge in [-0.15, -0.1) is 0 Å². The van der Waals surface area contributed by atoms with Crippen LogP contribution in [0.25, 0.3) is 5.95 Å². The lowest BCUT2D eigenvalue weighted by molar-refractivity contribution is 0.102. The Morgan fingerprint density at radius 2 is 2.00 bits per heavy atom. The summed E-state index contributed by atoms with van der Waals surface area (Å²) in [7, 11) is 1.36. The second kappa shape index (κ2) is 6.45. The van der Waals surface area contributed by atoms with E-state index in [9.17, 15) is 9.18 Å². The number of aromatic nitrogens is 4. The zero-order valence-corrected chi connectivity index (χ0v) is 13.0. The highest BCUT2D eigenvalue weighted by Crippen LogP contribution is 2.18. The number of methoxy groups -OCH3 is 1. The molecule has 0 aliphatic rings. The van der Waals surface area contributed by atoms with Gasteiger partial charge in [-0.1, -0.05) is 0 Å². The van der Waals surface area contributed by atoms with E-state index in [-0.39, 0.29) is 11.3 Å². The molecule has 0 spiro atoms. The van der Waals surface area contributed by atoms with Crippen LogP contribution in [0.15, 0.2) is 43.0 Å². The average molecular weight is 327 g/mol. The minimum absolute atomic E-state index is 0.0786. The van der Waals surface area contributed by atoms with Crippen LogP contribution in [0.4, 0.5) is 10.1 Å². The van der Waals surface area contributed by atoms with Crippen LogP contribution in [-0.2, 0) is 0 Å². The molecule has 0 saturated carbocycles. The molecule has 0 aliphatic heterocycles. The second-order valence-corrected chi connectivity index (χ2v) is 4.92. The first kappa shape index (κ1) is 15.6. The van der Waals surface area contributed by atoms with E-state index in [0.29, 0.717) is 11.6 Å². The average Bonchev–Trinajstić information content (AvgIpc) is 3.01. The summed E-state index contributed by atoms with van der Waals surface area (Å²) in [6, 6.07) is 3.98. The van der Waals surface area contributed by atoms with Crippen molar-refractivity contribution in [2.45, 2.75) is 6.92 Å². The number of nitrogens with zero attached hydrogens (tertiary/aromatic N) is 4. The minimum atomic E-state index is -0.604. The van der Waals surface area contributed by atoms with Crippen molar-refractivity contribution in [3.63, 3.8) is 0 Å². The molecule has 2 aromatic heterocycles. The Bertz CT molecular complexity index is 876. The molecule has 0 atom stereocenters. The number of rotatable bonds is 4. The van der Waals surface area contributed by atoms with E-state index in [4.69, 9.17) is 4.74 Å². The summed E-state index contributed by atoms with van der Waals surface area (Å²) in [6.45, 7) is 1.83. The Morgan fingerprint density at radius 3 is 2.58 bits per heavy atom. The zero-order valence-electron chi connectivity index (χ0n) is 13.0. The van der Waals surface area contributed by atoms with E-state index in [1.54, 1.807) is 17.0 Å². The number of aryl methyl sites for hydroxylation is 1. The van der Waals surface area contributed by atoms with Gasteiger partial charge < -0.3 is 10.1 Å². The van der Waals surface area contributed by atoms with Gasteiger partial charge in [0.1, 0.15) is 5.82 Å². The summed E-state index contributed by atoms with van der Waals surface area (Å²) in [5, 5.41) is 2.61. The Morgan fingerprint density at radius 1 is 1.25 bits per heavy atom. The topological polar surface area (TPSA) is 81.9 Å². The van der Waals surface area contributed by atoms with Crippen LogP contribution in [0.3, 0.4) is 0 Å². The van der Waals surface area contributed by atoms with Crippen LogP contribution in [0, 0.1) is 12.7 Å². The maximum Gasteiger partial charge on any atom is 0.255 e. The van der Waals surface area contributed by atoms with Gasteiger partial charge in [-0.2, -0.15) is 0 Å². The first-order chi connectivity index (χ1) is 11.6. The van der Waals surface area contributed by atoms with Crippen molar-refractivity contribution in [1.82, 2.24) is 19.5 Å². The van der Waals surface area contributed by atoms with E-state index in [1.807, 2.05) is 6.92 Å². The van der Waals surface area contributed by atoms with Gasteiger partial charge in [0.15, 0.2) is 11.6 Å². The van der Waals surface area contributed by atoms with Crippen LogP contribution in [0.5, 0.6) is 5.75 Å². The van der Waals surface area contributed by atoms with Gasteiger partial charge in [0.2, 0.25) is 5.95 Å². The number of carbonyl (C=O) groups is 1. The number of ether oxygens (including phenoxy) is 1. The number of halogens is 1. The molecule has 0 saturated heterocycles. The van der Waals surface area contributed by atoms with Crippen LogP contribution in [0.2, 0.25) is 0 Å². The molecule has 2 heterocycles. The summed E-state index contributed by atoms with van der Waals surface area (Å²) < 4.78 is 20.2. The van der Waals surface area contributed by atoms with E-state index >= 15 is 0 Å². The number of carbonyl (C=O) groups excluding carboxylic acids is 1. The zero-order chi connectivity index (χ0) is 17.1. The van der Waals surface area contributed by atoms with Gasteiger partial charge in [0, 0.05) is 18.0 Å². The molecule has 0 bridgehead atoms. The molecule has 0 radical (unpaired) electrons. The van der Waals surface area contributed by atoms with Crippen molar-refractivity contribution in [3.8, 4) is 11.7 Å². The summed E-state index contributed by atoms with van der Waals surface area (Å²) in [6.07, 6.45) is 6.33. The number of nitrogens with one attached hydrogen (secondary N) is 1. The highest BCUT2D eigenvalue weighted by molar-refractivity contribution is 6.04. The largest absolute Gasteiger partial charge is 0.494 e.